The Morgan fingerprint density at radius 1 is 1.00 bits per heavy atom. The highest BCUT2D eigenvalue weighted by atomic mass is 16.5. The van der Waals surface area contributed by atoms with E-state index in [4.69, 9.17) is 9.47 Å². The third kappa shape index (κ3) is 4.35. The van der Waals surface area contributed by atoms with Crippen LogP contribution in [0.2, 0.25) is 0 Å². The number of rotatable bonds is 7. The molecule has 0 saturated carbocycles. The third-order valence-electron chi connectivity index (χ3n) is 5.83. The summed E-state index contributed by atoms with van der Waals surface area (Å²) in [6, 6.07) is 16.9. The van der Waals surface area contributed by atoms with E-state index in [1.807, 2.05) is 86.3 Å². The first-order valence-electron chi connectivity index (χ1n) is 10.7. The van der Waals surface area contributed by atoms with Crippen molar-refractivity contribution in [2.24, 2.45) is 7.05 Å². The average molecular weight is 445 g/mol. The highest BCUT2D eigenvalue weighted by Gasteiger charge is 2.24. The molecule has 1 unspecified atom stereocenters. The van der Waals surface area contributed by atoms with Crippen LogP contribution in [0.15, 0.2) is 67.0 Å². The van der Waals surface area contributed by atoms with Crippen LogP contribution in [0.1, 0.15) is 39.2 Å². The summed E-state index contributed by atoms with van der Waals surface area (Å²) in [4.78, 5) is 18.0. The second-order valence-corrected chi connectivity index (χ2v) is 7.90. The number of methoxy groups -OCH3 is 2. The second kappa shape index (κ2) is 9.24. The van der Waals surface area contributed by atoms with Gasteiger partial charge in [0, 0.05) is 36.5 Å². The summed E-state index contributed by atoms with van der Waals surface area (Å²) in [6.07, 6.45) is 3.59. The molecule has 2 aromatic carbocycles. The van der Waals surface area contributed by atoms with Gasteiger partial charge in [0.25, 0.3) is 5.91 Å². The minimum atomic E-state index is -0.434. The lowest BCUT2D eigenvalue weighted by atomic mass is 10.0. The number of hydrogen-bond donors (Lipinski definition) is 1. The zero-order valence-electron chi connectivity index (χ0n) is 19.5. The fraction of sp³-hybridized carbons (Fsp3) is 0.231. The molecule has 2 aromatic heterocycles. The van der Waals surface area contributed by atoms with Crippen molar-refractivity contribution in [3.8, 4) is 17.2 Å². The molecule has 1 amide bonds. The molecule has 7 nitrogen and oxygen atoms in total. The summed E-state index contributed by atoms with van der Waals surface area (Å²) >= 11 is 0. The number of hydrogen-bond acceptors (Lipinski definition) is 4. The average Bonchev–Trinajstić information content (AvgIpc) is 3.39. The predicted octanol–water partition coefficient (Wildman–Crippen LogP) is 4.36. The highest BCUT2D eigenvalue weighted by Crippen LogP contribution is 2.27. The van der Waals surface area contributed by atoms with E-state index in [1.165, 1.54) is 0 Å². The van der Waals surface area contributed by atoms with Gasteiger partial charge in [0.1, 0.15) is 23.4 Å². The summed E-state index contributed by atoms with van der Waals surface area (Å²) in [7, 11) is 5.18. The Kier molecular flexibility index (Phi) is 6.22. The van der Waals surface area contributed by atoms with Gasteiger partial charge in [0.2, 0.25) is 0 Å². The Morgan fingerprint density at radius 3 is 2.36 bits per heavy atom. The predicted molar refractivity (Wildman–Crippen MR) is 127 cm³/mol. The van der Waals surface area contributed by atoms with Gasteiger partial charge in [0.15, 0.2) is 0 Å². The Labute approximate surface area is 193 Å². The monoisotopic (exact) mass is 444 g/mol. The number of carbonyl (C=O) groups excluding carboxylic acids is 1. The van der Waals surface area contributed by atoms with E-state index in [9.17, 15) is 4.79 Å². The van der Waals surface area contributed by atoms with Crippen molar-refractivity contribution < 1.29 is 14.3 Å². The highest BCUT2D eigenvalue weighted by molar-refractivity contribution is 5.96. The molecule has 170 valence electrons. The number of carbonyl (C=O) groups is 1. The molecule has 1 atom stereocenters. The van der Waals surface area contributed by atoms with Gasteiger partial charge in [-0.15, -0.1) is 0 Å². The normalized spacial score (nSPS) is 11.8. The molecule has 0 aliphatic carbocycles. The zero-order chi connectivity index (χ0) is 23.5. The summed E-state index contributed by atoms with van der Waals surface area (Å²) in [6.45, 7) is 3.94. The van der Waals surface area contributed by atoms with Crippen molar-refractivity contribution in [1.29, 1.82) is 0 Å². The van der Waals surface area contributed by atoms with Crippen LogP contribution in [0, 0.1) is 13.8 Å². The quantitative estimate of drug-likeness (QED) is 0.460. The standard InChI is InChI=1S/C26H28N4O3/c1-17-15-23(18(2)30(17)20-9-11-21(32-4)12-10-20)26(31)28-24(25-27-13-14-29(25)3)19-7-6-8-22(16-19)33-5/h6-16,24H,1-5H3,(H,28,31). The maximum atomic E-state index is 13.5. The molecule has 0 aliphatic heterocycles. The van der Waals surface area contributed by atoms with E-state index in [2.05, 4.69) is 14.9 Å². The van der Waals surface area contributed by atoms with Crippen LogP contribution in [-0.2, 0) is 7.05 Å². The Hall–Kier alpha value is -4.00. The zero-order valence-corrected chi connectivity index (χ0v) is 19.5. The summed E-state index contributed by atoms with van der Waals surface area (Å²) in [5, 5.41) is 3.18. The van der Waals surface area contributed by atoms with Crippen molar-refractivity contribution in [3.63, 3.8) is 0 Å². The summed E-state index contributed by atoms with van der Waals surface area (Å²) < 4.78 is 14.6. The van der Waals surface area contributed by atoms with Crippen LogP contribution < -0.4 is 14.8 Å². The van der Waals surface area contributed by atoms with Crippen LogP contribution in [-0.4, -0.2) is 34.2 Å². The Bertz CT molecular complexity index is 1270. The number of aromatic nitrogens is 3. The van der Waals surface area contributed by atoms with Crippen molar-refractivity contribution in [2.45, 2.75) is 19.9 Å². The number of nitrogens with zero attached hydrogens (tertiary/aromatic N) is 3. The van der Waals surface area contributed by atoms with Crippen molar-refractivity contribution in [2.75, 3.05) is 14.2 Å². The van der Waals surface area contributed by atoms with Gasteiger partial charge in [-0.05, 0) is 61.9 Å². The van der Waals surface area contributed by atoms with E-state index < -0.39 is 6.04 Å². The topological polar surface area (TPSA) is 70.3 Å². The number of benzene rings is 2. The summed E-state index contributed by atoms with van der Waals surface area (Å²) in [5.74, 6) is 2.08. The molecule has 7 heteroatoms. The lowest BCUT2D eigenvalue weighted by Crippen LogP contribution is -2.31. The molecule has 4 aromatic rings. The van der Waals surface area contributed by atoms with Crippen LogP contribution >= 0.6 is 0 Å². The number of nitrogens with one attached hydrogen (secondary N) is 1. The number of imidazole rings is 1. The van der Waals surface area contributed by atoms with E-state index in [1.54, 1.807) is 20.4 Å². The van der Waals surface area contributed by atoms with Crippen LogP contribution in [0.3, 0.4) is 0 Å². The van der Waals surface area contributed by atoms with Gasteiger partial charge in [-0.25, -0.2) is 4.98 Å². The van der Waals surface area contributed by atoms with Gasteiger partial charge in [-0.1, -0.05) is 12.1 Å². The fourth-order valence-corrected chi connectivity index (χ4v) is 4.10. The molecule has 0 spiro atoms. The molecule has 0 aliphatic rings. The minimum absolute atomic E-state index is 0.168. The van der Waals surface area contributed by atoms with Crippen LogP contribution in [0.25, 0.3) is 5.69 Å². The number of ether oxygens (including phenoxy) is 2. The first-order chi connectivity index (χ1) is 15.9. The molecule has 2 heterocycles. The van der Waals surface area contributed by atoms with Crippen molar-refractivity contribution in [3.05, 3.63) is 95.3 Å². The van der Waals surface area contributed by atoms with Gasteiger partial charge >= 0.3 is 0 Å². The van der Waals surface area contributed by atoms with E-state index in [0.29, 0.717) is 5.56 Å². The van der Waals surface area contributed by atoms with Crippen molar-refractivity contribution >= 4 is 5.91 Å². The van der Waals surface area contributed by atoms with Crippen LogP contribution in [0.5, 0.6) is 11.5 Å². The molecule has 0 radical (unpaired) electrons. The van der Waals surface area contributed by atoms with Crippen LogP contribution in [0.4, 0.5) is 0 Å². The van der Waals surface area contributed by atoms with Gasteiger partial charge < -0.3 is 23.9 Å². The van der Waals surface area contributed by atoms with Gasteiger partial charge in [-0.3, -0.25) is 4.79 Å². The second-order valence-electron chi connectivity index (χ2n) is 7.90. The Balaban J connectivity index is 1.69. The number of amides is 1. The number of aryl methyl sites for hydroxylation is 2. The van der Waals surface area contributed by atoms with E-state index >= 15 is 0 Å². The lowest BCUT2D eigenvalue weighted by Gasteiger charge is -2.20. The smallest absolute Gasteiger partial charge is 0.253 e. The largest absolute Gasteiger partial charge is 0.497 e. The SMILES string of the molecule is COc1ccc(-n2c(C)cc(C(=O)NC(c3cccc(OC)c3)c3nccn3C)c2C)cc1. The molecule has 1 N–H and O–H groups in total. The molecular weight excluding hydrogens is 416 g/mol. The van der Waals surface area contributed by atoms with Gasteiger partial charge in [-0.2, -0.15) is 0 Å². The molecule has 0 bridgehead atoms. The maximum absolute atomic E-state index is 13.5. The summed E-state index contributed by atoms with van der Waals surface area (Å²) in [5.41, 5.74) is 4.31. The fourth-order valence-electron chi connectivity index (χ4n) is 4.10. The maximum Gasteiger partial charge on any atom is 0.253 e. The van der Waals surface area contributed by atoms with E-state index in [0.717, 1.165) is 40.0 Å². The van der Waals surface area contributed by atoms with E-state index in [-0.39, 0.29) is 5.91 Å². The first kappa shape index (κ1) is 22.2. The third-order valence-corrected chi connectivity index (χ3v) is 5.83. The molecule has 4 rings (SSSR count). The van der Waals surface area contributed by atoms with Gasteiger partial charge in [0.05, 0.1) is 19.8 Å². The molecule has 33 heavy (non-hydrogen) atoms. The Morgan fingerprint density at radius 2 is 1.73 bits per heavy atom. The molecule has 0 saturated heterocycles. The molecule has 0 fully saturated rings. The van der Waals surface area contributed by atoms with Crippen molar-refractivity contribution in [1.82, 2.24) is 19.4 Å². The minimum Gasteiger partial charge on any atom is -0.497 e. The lowest BCUT2D eigenvalue weighted by molar-refractivity contribution is 0.0940. The molecular formula is C26H28N4O3. The first-order valence-corrected chi connectivity index (χ1v) is 10.7.